The SMILES string of the molecule is [N-]=[N+]=NCc1ccc(/C(=C(\c2ccccc2)c2ccc(Cn3cc(CCCC(=O)O)nn3)cc2)c2ccccc2)cc1. The van der Waals surface area contributed by atoms with Gasteiger partial charge in [0.25, 0.3) is 0 Å². The average molecular weight is 555 g/mol. The van der Waals surface area contributed by atoms with Crippen molar-refractivity contribution in [3.63, 3.8) is 0 Å². The Morgan fingerprint density at radius 2 is 1.29 bits per heavy atom. The summed E-state index contributed by atoms with van der Waals surface area (Å²) in [6.45, 7) is 0.874. The van der Waals surface area contributed by atoms with Crippen LogP contribution < -0.4 is 0 Å². The highest BCUT2D eigenvalue weighted by Gasteiger charge is 2.16. The lowest BCUT2D eigenvalue weighted by Crippen LogP contribution is -2.01. The topological polar surface area (TPSA) is 117 Å². The van der Waals surface area contributed by atoms with Gasteiger partial charge in [-0.05, 0) is 62.9 Å². The maximum Gasteiger partial charge on any atom is 0.303 e. The van der Waals surface area contributed by atoms with Gasteiger partial charge in [0.2, 0.25) is 0 Å². The number of aliphatic carboxylic acids is 1. The van der Waals surface area contributed by atoms with Crippen LogP contribution in [0.2, 0.25) is 0 Å². The molecule has 1 N–H and O–H groups in total. The number of carboxylic acids is 1. The normalized spacial score (nSPS) is 11.4. The van der Waals surface area contributed by atoms with Crippen molar-refractivity contribution in [3.8, 4) is 0 Å². The van der Waals surface area contributed by atoms with E-state index in [2.05, 4.69) is 81.0 Å². The molecule has 0 atom stereocenters. The fourth-order valence-electron chi connectivity index (χ4n) is 4.93. The lowest BCUT2D eigenvalue weighted by molar-refractivity contribution is -0.137. The molecule has 0 aliphatic heterocycles. The monoisotopic (exact) mass is 554 g/mol. The van der Waals surface area contributed by atoms with Gasteiger partial charge in [-0.15, -0.1) is 5.10 Å². The molecule has 208 valence electrons. The highest BCUT2D eigenvalue weighted by atomic mass is 16.4. The summed E-state index contributed by atoms with van der Waals surface area (Å²) in [5.74, 6) is -0.802. The van der Waals surface area contributed by atoms with E-state index in [0.717, 1.165) is 50.2 Å². The Kier molecular flexibility index (Phi) is 9.19. The zero-order valence-electron chi connectivity index (χ0n) is 23.0. The number of aryl methyl sites for hydroxylation is 1. The second-order valence-corrected chi connectivity index (χ2v) is 9.92. The second-order valence-electron chi connectivity index (χ2n) is 9.92. The van der Waals surface area contributed by atoms with Gasteiger partial charge in [-0.2, -0.15) is 0 Å². The summed E-state index contributed by atoms with van der Waals surface area (Å²) in [5.41, 5.74) is 18.1. The molecule has 5 rings (SSSR count). The highest BCUT2D eigenvalue weighted by Crippen LogP contribution is 2.37. The number of hydrogen-bond donors (Lipinski definition) is 1. The maximum atomic E-state index is 10.8. The van der Waals surface area contributed by atoms with Crippen molar-refractivity contribution in [1.29, 1.82) is 0 Å². The number of hydrogen-bond acceptors (Lipinski definition) is 4. The van der Waals surface area contributed by atoms with Gasteiger partial charge in [0.15, 0.2) is 0 Å². The van der Waals surface area contributed by atoms with Crippen molar-refractivity contribution >= 4 is 17.1 Å². The minimum absolute atomic E-state index is 0.121. The highest BCUT2D eigenvalue weighted by molar-refractivity contribution is 6.04. The molecule has 0 radical (unpaired) electrons. The van der Waals surface area contributed by atoms with Crippen molar-refractivity contribution in [2.45, 2.75) is 32.4 Å². The summed E-state index contributed by atoms with van der Waals surface area (Å²) in [7, 11) is 0. The first-order valence-corrected chi connectivity index (χ1v) is 13.8. The molecule has 4 aromatic carbocycles. The van der Waals surface area contributed by atoms with Crippen molar-refractivity contribution in [1.82, 2.24) is 15.0 Å². The second kappa shape index (κ2) is 13.7. The molecular formula is C34H30N6O2. The van der Waals surface area contributed by atoms with E-state index in [1.54, 1.807) is 4.68 Å². The first-order chi connectivity index (χ1) is 20.6. The molecular weight excluding hydrogens is 524 g/mol. The van der Waals surface area contributed by atoms with E-state index in [1.807, 2.05) is 54.7 Å². The molecule has 1 heterocycles. The quantitative estimate of drug-likeness (QED) is 0.0741. The Labute approximate surface area is 244 Å². The third-order valence-electron chi connectivity index (χ3n) is 6.93. The standard InChI is InChI=1S/C34H30N6O2/c35-38-36-22-25-14-18-29(19-15-25)33(27-8-3-1-4-9-27)34(28-10-5-2-6-11-28)30-20-16-26(17-21-30)23-40-24-31(37-39-40)12-7-13-32(41)42/h1-6,8-11,14-21,24H,7,12-13,22-23H2,(H,41,42)/b34-33+. The van der Waals surface area contributed by atoms with Gasteiger partial charge in [-0.1, -0.05) is 120 Å². The van der Waals surface area contributed by atoms with Gasteiger partial charge >= 0.3 is 5.97 Å². The third-order valence-corrected chi connectivity index (χ3v) is 6.93. The molecule has 0 aliphatic rings. The number of rotatable bonds is 12. The van der Waals surface area contributed by atoms with Gasteiger partial charge in [0.05, 0.1) is 18.8 Å². The molecule has 5 aromatic rings. The van der Waals surface area contributed by atoms with E-state index in [1.165, 1.54) is 0 Å². The van der Waals surface area contributed by atoms with Crippen LogP contribution >= 0.6 is 0 Å². The number of carbonyl (C=O) groups is 1. The smallest absolute Gasteiger partial charge is 0.303 e. The largest absolute Gasteiger partial charge is 0.481 e. The predicted molar refractivity (Wildman–Crippen MR) is 163 cm³/mol. The van der Waals surface area contributed by atoms with E-state index >= 15 is 0 Å². The van der Waals surface area contributed by atoms with E-state index in [0.29, 0.717) is 25.9 Å². The molecule has 42 heavy (non-hydrogen) atoms. The van der Waals surface area contributed by atoms with Crippen LogP contribution in [0.15, 0.2) is 121 Å². The van der Waals surface area contributed by atoms with Crippen LogP contribution in [-0.2, 0) is 24.3 Å². The van der Waals surface area contributed by atoms with Crippen LogP contribution in [-0.4, -0.2) is 26.1 Å². The summed E-state index contributed by atoms with van der Waals surface area (Å²) >= 11 is 0. The van der Waals surface area contributed by atoms with Crippen molar-refractivity contribution in [3.05, 3.63) is 165 Å². The molecule has 0 bridgehead atoms. The number of aromatic nitrogens is 3. The van der Waals surface area contributed by atoms with Gasteiger partial charge < -0.3 is 5.11 Å². The predicted octanol–water partition coefficient (Wildman–Crippen LogP) is 7.55. The summed E-state index contributed by atoms with van der Waals surface area (Å²) in [5, 5.41) is 21.0. The number of nitrogens with zero attached hydrogens (tertiary/aromatic N) is 6. The zero-order chi connectivity index (χ0) is 29.1. The van der Waals surface area contributed by atoms with E-state index in [4.69, 9.17) is 10.6 Å². The molecule has 0 amide bonds. The maximum absolute atomic E-state index is 10.8. The Bertz CT molecular complexity index is 1700. The fourth-order valence-corrected chi connectivity index (χ4v) is 4.93. The Morgan fingerprint density at radius 1 is 0.762 bits per heavy atom. The molecule has 8 heteroatoms. The summed E-state index contributed by atoms with van der Waals surface area (Å²) < 4.78 is 1.78. The van der Waals surface area contributed by atoms with E-state index in [9.17, 15) is 4.79 Å². The Morgan fingerprint density at radius 3 is 1.81 bits per heavy atom. The average Bonchev–Trinajstić information content (AvgIpc) is 3.47. The first-order valence-electron chi connectivity index (χ1n) is 13.8. The number of azide groups is 1. The lowest BCUT2D eigenvalue weighted by atomic mass is 9.85. The van der Waals surface area contributed by atoms with Crippen molar-refractivity contribution < 1.29 is 9.90 Å². The summed E-state index contributed by atoms with van der Waals surface area (Å²) in [6, 6.07) is 37.4. The van der Waals surface area contributed by atoms with Crippen molar-refractivity contribution in [2.75, 3.05) is 0 Å². The van der Waals surface area contributed by atoms with Crippen LogP contribution in [0.1, 0.15) is 51.9 Å². The third kappa shape index (κ3) is 7.18. The van der Waals surface area contributed by atoms with E-state index in [-0.39, 0.29) is 6.42 Å². The molecule has 0 unspecified atom stereocenters. The first kappa shape index (κ1) is 28.1. The molecule has 0 saturated carbocycles. The number of carboxylic acid groups (broad SMARTS) is 1. The fraction of sp³-hybridized carbons (Fsp3) is 0.147. The van der Waals surface area contributed by atoms with Gasteiger partial charge in [0, 0.05) is 17.5 Å². The minimum atomic E-state index is -0.802. The van der Waals surface area contributed by atoms with Gasteiger partial charge in [-0.25, -0.2) is 4.68 Å². The van der Waals surface area contributed by atoms with Crippen LogP contribution in [0, 0.1) is 0 Å². The lowest BCUT2D eigenvalue weighted by Gasteiger charge is -2.18. The van der Waals surface area contributed by atoms with Gasteiger partial charge in [0.1, 0.15) is 0 Å². The Balaban J connectivity index is 1.52. The Hall–Kier alpha value is -5.46. The van der Waals surface area contributed by atoms with Crippen LogP contribution in [0.3, 0.4) is 0 Å². The molecule has 0 aliphatic carbocycles. The minimum Gasteiger partial charge on any atom is -0.481 e. The number of benzene rings is 4. The molecule has 8 nitrogen and oxygen atoms in total. The molecule has 0 spiro atoms. The van der Waals surface area contributed by atoms with Gasteiger partial charge in [-0.3, -0.25) is 4.79 Å². The summed E-state index contributed by atoms with van der Waals surface area (Å²) in [4.78, 5) is 13.7. The zero-order valence-corrected chi connectivity index (χ0v) is 23.0. The van der Waals surface area contributed by atoms with Crippen LogP contribution in [0.5, 0.6) is 0 Å². The van der Waals surface area contributed by atoms with E-state index < -0.39 is 5.97 Å². The van der Waals surface area contributed by atoms with Crippen LogP contribution in [0.25, 0.3) is 21.6 Å². The molecule has 0 saturated heterocycles. The molecule has 1 aromatic heterocycles. The summed E-state index contributed by atoms with van der Waals surface area (Å²) in [6.07, 6.45) is 3.13. The molecule has 0 fully saturated rings. The van der Waals surface area contributed by atoms with Crippen molar-refractivity contribution in [2.24, 2.45) is 5.11 Å². The van der Waals surface area contributed by atoms with Crippen LogP contribution in [0.4, 0.5) is 0 Å².